The van der Waals surface area contributed by atoms with E-state index in [2.05, 4.69) is 20.4 Å². The van der Waals surface area contributed by atoms with E-state index in [1.807, 2.05) is 0 Å². The molecule has 1 atom stereocenters. The Morgan fingerprint density at radius 1 is 1.23 bits per heavy atom. The van der Waals surface area contributed by atoms with Crippen molar-refractivity contribution >= 4 is 45.6 Å². The summed E-state index contributed by atoms with van der Waals surface area (Å²) in [6.45, 7) is 0. The number of aromatic nitrogens is 1. The van der Waals surface area contributed by atoms with Gasteiger partial charge in [-0.05, 0) is 25.0 Å². The Labute approximate surface area is 184 Å². The van der Waals surface area contributed by atoms with Gasteiger partial charge in [-0.3, -0.25) is 4.79 Å². The summed E-state index contributed by atoms with van der Waals surface area (Å²) in [6.07, 6.45) is -2.48. The van der Waals surface area contributed by atoms with E-state index in [-0.39, 0.29) is 26.8 Å². The number of esters is 1. The molecule has 0 spiro atoms. The van der Waals surface area contributed by atoms with Crippen LogP contribution >= 0.6 is 22.9 Å². The molecule has 0 bridgehead atoms. The molecule has 0 radical (unpaired) electrons. The highest BCUT2D eigenvalue weighted by molar-refractivity contribution is 7.16. The normalized spacial score (nSPS) is 15.9. The van der Waals surface area contributed by atoms with Gasteiger partial charge in [0.05, 0.1) is 10.7 Å². The third-order valence-corrected chi connectivity index (χ3v) is 5.98. The van der Waals surface area contributed by atoms with Crippen molar-refractivity contribution in [1.29, 1.82) is 0 Å². The SMILES string of the molecule is O=C(Nc1ccccc1Cl)C(OC(=O)C(F)(F)F)c1sc(NC2CCCCC2)nc1O. The van der Waals surface area contributed by atoms with Crippen LogP contribution in [0.25, 0.3) is 0 Å². The highest BCUT2D eigenvalue weighted by Gasteiger charge is 2.45. The number of thiazole rings is 1. The number of nitrogens with zero attached hydrogens (tertiary/aromatic N) is 1. The van der Waals surface area contributed by atoms with Crippen LogP contribution in [0.3, 0.4) is 0 Å². The molecule has 0 saturated heterocycles. The van der Waals surface area contributed by atoms with Crippen molar-refractivity contribution in [3.63, 3.8) is 0 Å². The van der Waals surface area contributed by atoms with Gasteiger partial charge in [0.1, 0.15) is 4.88 Å². The maximum Gasteiger partial charge on any atom is 0.490 e. The third kappa shape index (κ3) is 6.01. The largest absolute Gasteiger partial charge is 0.492 e. The van der Waals surface area contributed by atoms with Crippen LogP contribution in [0.15, 0.2) is 24.3 Å². The van der Waals surface area contributed by atoms with Crippen LogP contribution in [0, 0.1) is 0 Å². The van der Waals surface area contributed by atoms with Gasteiger partial charge in [-0.2, -0.15) is 18.2 Å². The molecule has 3 N–H and O–H groups in total. The maximum atomic E-state index is 12.8. The fourth-order valence-electron chi connectivity index (χ4n) is 3.14. The van der Waals surface area contributed by atoms with Gasteiger partial charge in [-0.1, -0.05) is 54.3 Å². The van der Waals surface area contributed by atoms with Crippen molar-refractivity contribution in [2.45, 2.75) is 50.4 Å². The molecule has 1 unspecified atom stereocenters. The lowest BCUT2D eigenvalue weighted by Crippen LogP contribution is -2.32. The summed E-state index contributed by atoms with van der Waals surface area (Å²) < 4.78 is 42.8. The topological polar surface area (TPSA) is 101 Å². The third-order valence-electron chi connectivity index (χ3n) is 4.63. The summed E-state index contributed by atoms with van der Waals surface area (Å²) in [6, 6.07) is 6.13. The number of ether oxygens (including phenoxy) is 1. The Hall–Kier alpha value is -2.53. The fourth-order valence-corrected chi connectivity index (χ4v) is 4.29. The number of carbonyl (C=O) groups excluding carboxylic acids is 2. The second kappa shape index (κ2) is 9.73. The molecule has 3 rings (SSSR count). The molecule has 2 aromatic rings. The number of benzene rings is 1. The lowest BCUT2D eigenvalue weighted by molar-refractivity contribution is -0.205. The average Bonchev–Trinajstić information content (AvgIpc) is 3.07. The number of hydrogen-bond donors (Lipinski definition) is 3. The molecule has 1 saturated carbocycles. The van der Waals surface area contributed by atoms with Gasteiger partial charge >= 0.3 is 12.1 Å². The Morgan fingerprint density at radius 2 is 1.90 bits per heavy atom. The maximum absolute atomic E-state index is 12.8. The van der Waals surface area contributed by atoms with Gasteiger partial charge < -0.3 is 20.5 Å². The van der Waals surface area contributed by atoms with E-state index in [4.69, 9.17) is 11.6 Å². The van der Waals surface area contributed by atoms with Gasteiger partial charge in [0, 0.05) is 6.04 Å². The summed E-state index contributed by atoms with van der Waals surface area (Å²) >= 11 is 6.72. The smallest absolute Gasteiger partial charge is 0.490 e. The molecule has 1 aromatic heterocycles. The van der Waals surface area contributed by atoms with Gasteiger partial charge in [0.25, 0.3) is 5.91 Å². The second-order valence-electron chi connectivity index (χ2n) is 6.94. The number of amides is 1. The monoisotopic (exact) mass is 477 g/mol. The van der Waals surface area contributed by atoms with E-state index in [0.29, 0.717) is 0 Å². The van der Waals surface area contributed by atoms with E-state index in [0.717, 1.165) is 43.4 Å². The summed E-state index contributed by atoms with van der Waals surface area (Å²) in [4.78, 5) is 27.7. The highest BCUT2D eigenvalue weighted by Crippen LogP contribution is 2.38. The number of hydrogen-bond acceptors (Lipinski definition) is 7. The fraction of sp³-hybridized carbons (Fsp3) is 0.421. The Balaban J connectivity index is 1.85. The number of aromatic hydroxyl groups is 1. The van der Waals surface area contributed by atoms with Gasteiger partial charge in [0.15, 0.2) is 5.13 Å². The van der Waals surface area contributed by atoms with Crippen molar-refractivity contribution in [3.05, 3.63) is 34.2 Å². The van der Waals surface area contributed by atoms with Crippen LogP contribution in [-0.4, -0.2) is 34.2 Å². The van der Waals surface area contributed by atoms with Crippen molar-refractivity contribution < 1.29 is 32.6 Å². The van der Waals surface area contributed by atoms with E-state index in [1.54, 1.807) is 12.1 Å². The zero-order valence-electron chi connectivity index (χ0n) is 16.0. The molecular formula is C19H19ClF3N3O4S. The standard InChI is InChI=1S/C19H19ClF3N3O4S/c20-11-8-4-5-9-12(11)25-15(27)13(30-17(29)19(21,22)23)14-16(28)26-18(31-14)24-10-6-2-1-3-7-10/h4-5,8-10,13,28H,1-3,6-7H2,(H,24,26)(H,25,27). The van der Waals surface area contributed by atoms with Gasteiger partial charge in [0.2, 0.25) is 12.0 Å². The van der Waals surface area contributed by atoms with Crippen LogP contribution in [-0.2, 0) is 14.3 Å². The van der Waals surface area contributed by atoms with E-state index in [1.165, 1.54) is 12.1 Å². The number of halogens is 4. The van der Waals surface area contributed by atoms with Crippen LogP contribution < -0.4 is 10.6 Å². The lowest BCUT2D eigenvalue weighted by Gasteiger charge is -2.22. The Morgan fingerprint density at radius 3 is 2.55 bits per heavy atom. The molecule has 1 amide bonds. The molecule has 168 valence electrons. The quantitative estimate of drug-likeness (QED) is 0.504. The highest BCUT2D eigenvalue weighted by atomic mass is 35.5. The predicted molar refractivity (Wildman–Crippen MR) is 109 cm³/mol. The van der Waals surface area contributed by atoms with Crippen LogP contribution in [0.1, 0.15) is 43.1 Å². The van der Waals surface area contributed by atoms with Crippen molar-refractivity contribution in [3.8, 4) is 5.88 Å². The number of nitrogens with one attached hydrogen (secondary N) is 2. The van der Waals surface area contributed by atoms with E-state index < -0.39 is 30.0 Å². The van der Waals surface area contributed by atoms with Gasteiger partial charge in [-0.25, -0.2) is 4.79 Å². The number of rotatable bonds is 6. The predicted octanol–water partition coefficient (Wildman–Crippen LogP) is 5.03. The molecular weight excluding hydrogens is 459 g/mol. The molecule has 0 aliphatic heterocycles. The zero-order valence-corrected chi connectivity index (χ0v) is 17.6. The molecule has 1 aromatic carbocycles. The summed E-state index contributed by atoms with van der Waals surface area (Å²) in [5.74, 6) is -4.38. The Kier molecular flexibility index (Phi) is 7.26. The Bertz CT molecular complexity index is 948. The first-order valence-corrected chi connectivity index (χ1v) is 10.6. The first-order valence-electron chi connectivity index (χ1n) is 9.44. The summed E-state index contributed by atoms with van der Waals surface area (Å²) in [5.41, 5.74) is 0.104. The average molecular weight is 478 g/mol. The number of alkyl halides is 3. The minimum absolute atomic E-state index is 0.0975. The zero-order chi connectivity index (χ0) is 22.6. The number of para-hydroxylation sites is 1. The van der Waals surface area contributed by atoms with Crippen LogP contribution in [0.2, 0.25) is 5.02 Å². The minimum Gasteiger partial charge on any atom is -0.492 e. The molecule has 1 fully saturated rings. The van der Waals surface area contributed by atoms with E-state index >= 15 is 0 Å². The van der Waals surface area contributed by atoms with Crippen molar-refractivity contribution in [2.24, 2.45) is 0 Å². The molecule has 7 nitrogen and oxygen atoms in total. The molecule has 1 aliphatic rings. The molecule has 12 heteroatoms. The van der Waals surface area contributed by atoms with Crippen LogP contribution in [0.4, 0.5) is 24.0 Å². The minimum atomic E-state index is -5.33. The van der Waals surface area contributed by atoms with Crippen molar-refractivity contribution in [1.82, 2.24) is 4.98 Å². The second-order valence-corrected chi connectivity index (χ2v) is 8.38. The van der Waals surface area contributed by atoms with Gasteiger partial charge in [-0.15, -0.1) is 0 Å². The van der Waals surface area contributed by atoms with Crippen LogP contribution in [0.5, 0.6) is 5.88 Å². The number of carbonyl (C=O) groups is 2. The first-order chi connectivity index (χ1) is 14.6. The molecule has 31 heavy (non-hydrogen) atoms. The van der Waals surface area contributed by atoms with E-state index in [9.17, 15) is 27.9 Å². The first kappa shape index (κ1) is 23.1. The summed E-state index contributed by atoms with van der Waals surface area (Å²) in [7, 11) is 0. The van der Waals surface area contributed by atoms with Crippen molar-refractivity contribution in [2.75, 3.05) is 10.6 Å². The molecule has 1 heterocycles. The summed E-state index contributed by atoms with van der Waals surface area (Å²) in [5, 5.41) is 16.0. The lowest BCUT2D eigenvalue weighted by atomic mass is 9.96. The number of anilines is 2. The molecule has 1 aliphatic carbocycles.